The van der Waals surface area contributed by atoms with Gasteiger partial charge in [-0.05, 0) is 70.6 Å². The third-order valence-corrected chi connectivity index (χ3v) is 11.4. The van der Waals surface area contributed by atoms with Gasteiger partial charge in [-0.2, -0.15) is 0 Å². The van der Waals surface area contributed by atoms with E-state index in [0.717, 1.165) is 32.1 Å². The van der Waals surface area contributed by atoms with Crippen molar-refractivity contribution in [1.29, 1.82) is 0 Å². The number of amides is 1. The largest absolute Gasteiger partial charge is 0.394 e. The van der Waals surface area contributed by atoms with Crippen molar-refractivity contribution >= 4 is 5.91 Å². The normalized spacial score (nSPS) is 22.1. The zero-order chi connectivity index (χ0) is 43.4. The van der Waals surface area contributed by atoms with Crippen molar-refractivity contribution in [3.8, 4) is 0 Å². The summed E-state index contributed by atoms with van der Waals surface area (Å²) in [6.45, 7) is 3.34. The lowest BCUT2D eigenvalue weighted by Crippen LogP contribution is -2.60. The first-order chi connectivity index (χ1) is 28.7. The van der Waals surface area contributed by atoms with Crippen LogP contribution in [0, 0.1) is 0 Å². The van der Waals surface area contributed by atoms with E-state index in [1.165, 1.54) is 116 Å². The van der Waals surface area contributed by atoms with E-state index in [9.17, 15) is 40.5 Å². The molecule has 1 fully saturated rings. The van der Waals surface area contributed by atoms with Gasteiger partial charge in [0.25, 0.3) is 0 Å². The number of hydrogen-bond donors (Lipinski definition) is 8. The van der Waals surface area contributed by atoms with E-state index < -0.39 is 74.2 Å². The summed E-state index contributed by atoms with van der Waals surface area (Å²) in [4.78, 5) is 13.0. The number of allylic oxidation sites excluding steroid dienone is 6. The number of aliphatic hydroxyl groups is 7. The second-order valence-corrected chi connectivity index (χ2v) is 16.8. The van der Waals surface area contributed by atoms with Crippen LogP contribution in [-0.4, -0.2) is 110 Å². The molecule has 11 nitrogen and oxygen atoms in total. The average Bonchev–Trinajstić information content (AvgIpc) is 3.23. The van der Waals surface area contributed by atoms with Crippen LogP contribution >= 0.6 is 0 Å². The molecule has 11 heteroatoms. The molecule has 1 heterocycles. The van der Waals surface area contributed by atoms with Crippen molar-refractivity contribution in [3.63, 3.8) is 0 Å². The highest BCUT2D eigenvalue weighted by molar-refractivity contribution is 5.80. The molecule has 0 saturated carbocycles. The zero-order valence-electron chi connectivity index (χ0n) is 37.2. The molecular weight excluding hydrogens is 751 g/mol. The fourth-order valence-electron chi connectivity index (χ4n) is 7.40. The van der Waals surface area contributed by atoms with Crippen LogP contribution in [0.15, 0.2) is 36.5 Å². The maximum Gasteiger partial charge on any atom is 0.249 e. The molecule has 1 aliphatic rings. The van der Waals surface area contributed by atoms with Crippen molar-refractivity contribution in [2.24, 2.45) is 0 Å². The Hall–Kier alpha value is -1.67. The summed E-state index contributed by atoms with van der Waals surface area (Å²) < 4.78 is 11.0. The topological polar surface area (TPSA) is 189 Å². The molecule has 0 bridgehead atoms. The van der Waals surface area contributed by atoms with Gasteiger partial charge in [0.1, 0.15) is 36.6 Å². The van der Waals surface area contributed by atoms with Crippen LogP contribution < -0.4 is 5.32 Å². The summed E-state index contributed by atoms with van der Waals surface area (Å²) in [5.74, 6) is -0.748. The van der Waals surface area contributed by atoms with Crippen LogP contribution in [0.5, 0.6) is 0 Å². The van der Waals surface area contributed by atoms with E-state index in [1.807, 2.05) is 12.2 Å². The molecule has 1 amide bonds. The number of rotatable bonds is 39. The average molecular weight is 840 g/mol. The summed E-state index contributed by atoms with van der Waals surface area (Å²) in [5, 5.41) is 75.3. The third-order valence-electron chi connectivity index (χ3n) is 11.4. The number of hydrogen-bond acceptors (Lipinski definition) is 10. The number of ether oxygens (including phenoxy) is 2. The molecule has 0 aliphatic carbocycles. The zero-order valence-corrected chi connectivity index (χ0v) is 37.2. The molecule has 9 unspecified atom stereocenters. The first-order valence-electron chi connectivity index (χ1n) is 23.9. The summed E-state index contributed by atoms with van der Waals surface area (Å²) >= 11 is 0. The van der Waals surface area contributed by atoms with Gasteiger partial charge in [-0.25, -0.2) is 0 Å². The van der Waals surface area contributed by atoms with Crippen LogP contribution in [0.2, 0.25) is 0 Å². The Morgan fingerprint density at radius 1 is 0.576 bits per heavy atom. The molecule has 8 N–H and O–H groups in total. The van der Waals surface area contributed by atoms with Crippen LogP contribution in [0.4, 0.5) is 0 Å². The molecule has 1 aliphatic heterocycles. The van der Waals surface area contributed by atoms with Gasteiger partial charge in [0.15, 0.2) is 6.29 Å². The molecule has 0 spiro atoms. The smallest absolute Gasteiger partial charge is 0.249 e. The number of carbonyl (C=O) groups is 1. The summed E-state index contributed by atoms with van der Waals surface area (Å²) in [5.41, 5.74) is 0. The van der Waals surface area contributed by atoms with Gasteiger partial charge in [-0.3, -0.25) is 4.79 Å². The summed E-state index contributed by atoms with van der Waals surface area (Å²) in [6, 6.07) is -1.20. The second-order valence-electron chi connectivity index (χ2n) is 16.8. The summed E-state index contributed by atoms with van der Waals surface area (Å²) in [6.07, 6.45) is 32.5. The Kier molecular flexibility index (Phi) is 35.7. The van der Waals surface area contributed by atoms with E-state index in [1.54, 1.807) is 0 Å². The highest BCUT2D eigenvalue weighted by Gasteiger charge is 2.44. The predicted molar refractivity (Wildman–Crippen MR) is 238 cm³/mol. The molecule has 0 radical (unpaired) electrons. The molecule has 346 valence electrons. The lowest BCUT2D eigenvalue weighted by atomic mass is 9.99. The Labute approximate surface area is 358 Å². The monoisotopic (exact) mass is 840 g/mol. The molecule has 1 rings (SSSR count). The molecule has 1 saturated heterocycles. The van der Waals surface area contributed by atoms with Gasteiger partial charge in [0.05, 0.1) is 25.4 Å². The Bertz CT molecular complexity index is 1050. The van der Waals surface area contributed by atoms with Crippen molar-refractivity contribution in [3.05, 3.63) is 36.5 Å². The van der Waals surface area contributed by atoms with Crippen LogP contribution in [0.25, 0.3) is 0 Å². The minimum atomic E-state index is -1.67. The fourth-order valence-corrected chi connectivity index (χ4v) is 7.40. The van der Waals surface area contributed by atoms with Gasteiger partial charge in [-0.1, -0.05) is 159 Å². The van der Waals surface area contributed by atoms with E-state index >= 15 is 0 Å². The van der Waals surface area contributed by atoms with Gasteiger partial charge < -0.3 is 50.5 Å². The number of aliphatic hydroxyl groups excluding tert-OH is 7. The van der Waals surface area contributed by atoms with Crippen LogP contribution in [0.3, 0.4) is 0 Å². The maximum atomic E-state index is 13.0. The van der Waals surface area contributed by atoms with E-state index in [-0.39, 0.29) is 12.8 Å². The molecule has 0 aromatic heterocycles. The second kappa shape index (κ2) is 38.0. The van der Waals surface area contributed by atoms with Crippen LogP contribution in [0.1, 0.15) is 194 Å². The third kappa shape index (κ3) is 27.8. The summed E-state index contributed by atoms with van der Waals surface area (Å²) in [7, 11) is 0. The minimum absolute atomic E-state index is 0.165. The van der Waals surface area contributed by atoms with Crippen molar-refractivity contribution in [1.82, 2.24) is 5.32 Å². The number of unbranched alkanes of at least 4 members (excludes halogenated alkanes) is 21. The highest BCUT2D eigenvalue weighted by Crippen LogP contribution is 2.23. The molecule has 59 heavy (non-hydrogen) atoms. The van der Waals surface area contributed by atoms with Crippen molar-refractivity contribution < 1.29 is 50.0 Å². The highest BCUT2D eigenvalue weighted by atomic mass is 16.7. The molecule has 0 aromatic carbocycles. The van der Waals surface area contributed by atoms with E-state index in [4.69, 9.17) is 9.47 Å². The van der Waals surface area contributed by atoms with Crippen molar-refractivity contribution in [2.45, 2.75) is 249 Å². The van der Waals surface area contributed by atoms with E-state index in [0.29, 0.717) is 19.3 Å². The standard InChI is InChI=1S/C48H89NO10/c1-3-5-7-9-11-13-14-15-16-17-18-19-20-21-22-23-24-25-26-27-28-30-31-33-35-40(51)43(53)39(38-58-48-46(56)45(55)44(54)42(37-50)59-48)49-47(57)41(52)36-34-32-29-12-10-8-6-4-2/h24-25,28-30,32,39-46,48,50-56H,3-23,26-27,31,33-38H2,1-2H3,(H,49,57)/b25-24+,30-28+,32-29-. The lowest BCUT2D eigenvalue weighted by molar-refractivity contribution is -0.303. The Morgan fingerprint density at radius 3 is 1.53 bits per heavy atom. The van der Waals surface area contributed by atoms with Crippen molar-refractivity contribution in [2.75, 3.05) is 13.2 Å². The molecule has 0 aromatic rings. The molecule has 9 atom stereocenters. The lowest BCUT2D eigenvalue weighted by Gasteiger charge is -2.40. The first-order valence-corrected chi connectivity index (χ1v) is 23.9. The number of nitrogens with one attached hydrogen (secondary N) is 1. The number of carbonyl (C=O) groups excluding carboxylic acids is 1. The minimum Gasteiger partial charge on any atom is -0.394 e. The van der Waals surface area contributed by atoms with E-state index in [2.05, 4.69) is 43.5 Å². The fraction of sp³-hybridized carbons (Fsp3) is 0.854. The van der Waals surface area contributed by atoms with Gasteiger partial charge in [0.2, 0.25) is 5.91 Å². The maximum absolute atomic E-state index is 13.0. The van der Waals surface area contributed by atoms with Gasteiger partial charge >= 0.3 is 0 Å². The molecular formula is C48H89NO10. The quantitative estimate of drug-likeness (QED) is 0.0223. The van der Waals surface area contributed by atoms with Gasteiger partial charge in [-0.15, -0.1) is 0 Å². The SMILES string of the molecule is CCCCCC/C=C\CCC(O)C(=O)NC(COC1OC(CO)C(O)C(O)C1O)C(O)C(O)CCC/C=C/CC/C=C/CCCCCCCCCCCCCCCCC. The Morgan fingerprint density at radius 2 is 1.02 bits per heavy atom. The predicted octanol–water partition coefficient (Wildman–Crippen LogP) is 8.00. The first kappa shape index (κ1) is 55.3. The van der Waals surface area contributed by atoms with Gasteiger partial charge in [0, 0.05) is 0 Å². The Balaban J connectivity index is 2.38. The van der Waals surface area contributed by atoms with Crippen LogP contribution in [-0.2, 0) is 14.3 Å².